The van der Waals surface area contributed by atoms with Gasteiger partial charge < -0.3 is 15.3 Å². The number of carbonyl (C=O) groups excluding carboxylic acids is 1. The maximum atomic E-state index is 12.3. The summed E-state index contributed by atoms with van der Waals surface area (Å²) in [7, 11) is 0. The van der Waals surface area contributed by atoms with Gasteiger partial charge >= 0.3 is 6.03 Å². The van der Waals surface area contributed by atoms with Gasteiger partial charge in [-0.2, -0.15) is 0 Å². The number of rotatable bonds is 5. The highest BCUT2D eigenvalue weighted by molar-refractivity contribution is 5.74. The molecule has 0 aliphatic carbocycles. The Labute approximate surface area is 127 Å². The molecule has 1 aromatic rings. The molecule has 1 fully saturated rings. The number of benzene rings is 1. The molecule has 2 N–H and O–H groups in total. The summed E-state index contributed by atoms with van der Waals surface area (Å²) in [5.41, 5.74) is 2.50. The van der Waals surface area contributed by atoms with E-state index in [-0.39, 0.29) is 24.6 Å². The third-order valence-electron chi connectivity index (χ3n) is 4.25. The highest BCUT2D eigenvalue weighted by Gasteiger charge is 2.26. The Morgan fingerprint density at radius 2 is 2.14 bits per heavy atom. The largest absolute Gasteiger partial charge is 0.396 e. The number of amides is 2. The molecule has 1 aromatic carbocycles. The lowest BCUT2D eigenvalue weighted by Gasteiger charge is -2.22. The first-order chi connectivity index (χ1) is 10.1. The molecule has 4 heteroatoms. The van der Waals surface area contributed by atoms with Crippen LogP contribution in [-0.2, 0) is 6.42 Å². The number of likely N-dealkylation sites (tertiary alicyclic amines) is 1. The van der Waals surface area contributed by atoms with Gasteiger partial charge in [0.25, 0.3) is 0 Å². The van der Waals surface area contributed by atoms with E-state index >= 15 is 0 Å². The number of hydrogen-bond acceptors (Lipinski definition) is 2. The summed E-state index contributed by atoms with van der Waals surface area (Å²) >= 11 is 0. The number of nitrogens with one attached hydrogen (secondary N) is 1. The SMILES string of the molecule is CCC(Cc1ccc(C)cc1)NC(=O)N1CCC(CO)C1. The van der Waals surface area contributed by atoms with Crippen molar-refractivity contribution in [3.05, 3.63) is 35.4 Å². The predicted molar refractivity (Wildman–Crippen MR) is 84.3 cm³/mol. The fraction of sp³-hybridized carbons (Fsp3) is 0.588. The van der Waals surface area contributed by atoms with Crippen LogP contribution in [0.2, 0.25) is 0 Å². The van der Waals surface area contributed by atoms with Gasteiger partial charge in [0.2, 0.25) is 0 Å². The molecule has 2 unspecified atom stereocenters. The van der Waals surface area contributed by atoms with Gasteiger partial charge in [-0.3, -0.25) is 0 Å². The molecule has 0 bridgehead atoms. The molecule has 1 heterocycles. The summed E-state index contributed by atoms with van der Waals surface area (Å²) < 4.78 is 0. The van der Waals surface area contributed by atoms with E-state index in [0.29, 0.717) is 6.54 Å². The molecule has 0 spiro atoms. The van der Waals surface area contributed by atoms with Gasteiger partial charge in [-0.1, -0.05) is 36.8 Å². The summed E-state index contributed by atoms with van der Waals surface area (Å²) in [5, 5.41) is 12.3. The van der Waals surface area contributed by atoms with Crippen molar-refractivity contribution in [1.82, 2.24) is 10.2 Å². The van der Waals surface area contributed by atoms with Gasteiger partial charge in [0.15, 0.2) is 0 Å². The second-order valence-corrected chi connectivity index (χ2v) is 6.03. The Morgan fingerprint density at radius 1 is 1.43 bits per heavy atom. The zero-order valence-electron chi connectivity index (χ0n) is 13.0. The van der Waals surface area contributed by atoms with Crippen LogP contribution in [0.5, 0.6) is 0 Å². The molecular formula is C17H26N2O2. The van der Waals surface area contributed by atoms with E-state index in [1.165, 1.54) is 11.1 Å². The van der Waals surface area contributed by atoms with E-state index in [0.717, 1.165) is 25.8 Å². The standard InChI is InChI=1S/C17H26N2O2/c1-3-16(10-14-6-4-13(2)5-7-14)18-17(21)19-9-8-15(11-19)12-20/h4-7,15-16,20H,3,8-12H2,1-2H3,(H,18,21). The lowest BCUT2D eigenvalue weighted by atomic mass is 10.0. The van der Waals surface area contributed by atoms with Crippen LogP contribution in [-0.4, -0.2) is 41.8 Å². The second-order valence-electron chi connectivity index (χ2n) is 6.03. The van der Waals surface area contributed by atoms with Crippen molar-refractivity contribution in [3.63, 3.8) is 0 Å². The fourth-order valence-corrected chi connectivity index (χ4v) is 2.74. The smallest absolute Gasteiger partial charge is 0.317 e. The molecule has 1 saturated heterocycles. The van der Waals surface area contributed by atoms with Crippen LogP contribution < -0.4 is 5.32 Å². The van der Waals surface area contributed by atoms with E-state index in [4.69, 9.17) is 5.11 Å². The Morgan fingerprint density at radius 3 is 2.71 bits per heavy atom. The van der Waals surface area contributed by atoms with E-state index in [9.17, 15) is 4.79 Å². The average molecular weight is 290 g/mol. The van der Waals surface area contributed by atoms with Crippen LogP contribution in [0.25, 0.3) is 0 Å². The Kier molecular flexibility index (Phi) is 5.62. The van der Waals surface area contributed by atoms with Crippen molar-refractivity contribution < 1.29 is 9.90 Å². The van der Waals surface area contributed by atoms with Crippen LogP contribution in [0.3, 0.4) is 0 Å². The number of aliphatic hydroxyl groups is 1. The number of carbonyl (C=O) groups is 1. The Hall–Kier alpha value is -1.55. The zero-order chi connectivity index (χ0) is 15.2. The van der Waals surface area contributed by atoms with Crippen LogP contribution >= 0.6 is 0 Å². The summed E-state index contributed by atoms with van der Waals surface area (Å²) in [6, 6.07) is 8.63. The van der Waals surface area contributed by atoms with Gasteiger partial charge in [0.1, 0.15) is 0 Å². The first-order valence-electron chi connectivity index (χ1n) is 7.84. The highest BCUT2D eigenvalue weighted by Crippen LogP contribution is 2.16. The van der Waals surface area contributed by atoms with Gasteiger partial charge in [-0.05, 0) is 31.7 Å². The topological polar surface area (TPSA) is 52.6 Å². The fourth-order valence-electron chi connectivity index (χ4n) is 2.74. The molecule has 21 heavy (non-hydrogen) atoms. The van der Waals surface area contributed by atoms with Gasteiger partial charge in [-0.15, -0.1) is 0 Å². The van der Waals surface area contributed by atoms with E-state index in [1.54, 1.807) is 0 Å². The summed E-state index contributed by atoms with van der Waals surface area (Å²) in [6.07, 6.45) is 2.68. The number of hydrogen-bond donors (Lipinski definition) is 2. The van der Waals surface area contributed by atoms with Gasteiger partial charge in [-0.25, -0.2) is 4.79 Å². The Balaban J connectivity index is 1.87. The first-order valence-corrected chi connectivity index (χ1v) is 7.84. The quantitative estimate of drug-likeness (QED) is 0.874. The number of urea groups is 1. The molecule has 2 atom stereocenters. The van der Waals surface area contributed by atoms with Gasteiger partial charge in [0, 0.05) is 31.7 Å². The third-order valence-corrected chi connectivity index (χ3v) is 4.25. The maximum absolute atomic E-state index is 12.3. The van der Waals surface area contributed by atoms with Crippen molar-refractivity contribution in [2.24, 2.45) is 5.92 Å². The molecule has 2 rings (SSSR count). The normalized spacial score (nSPS) is 19.6. The van der Waals surface area contributed by atoms with Crippen molar-refractivity contribution in [2.45, 2.75) is 39.2 Å². The molecule has 0 radical (unpaired) electrons. The lowest BCUT2D eigenvalue weighted by Crippen LogP contribution is -2.44. The lowest BCUT2D eigenvalue weighted by molar-refractivity contribution is 0.194. The van der Waals surface area contributed by atoms with Crippen molar-refractivity contribution in [3.8, 4) is 0 Å². The summed E-state index contributed by atoms with van der Waals surface area (Å²) in [4.78, 5) is 14.1. The van der Waals surface area contributed by atoms with Crippen LogP contribution in [0.1, 0.15) is 30.9 Å². The molecule has 2 amide bonds. The van der Waals surface area contributed by atoms with E-state index in [1.807, 2.05) is 4.90 Å². The maximum Gasteiger partial charge on any atom is 0.317 e. The summed E-state index contributed by atoms with van der Waals surface area (Å²) in [6.45, 7) is 5.76. The van der Waals surface area contributed by atoms with Crippen molar-refractivity contribution in [2.75, 3.05) is 19.7 Å². The minimum atomic E-state index is 0.00455. The average Bonchev–Trinajstić information content (AvgIpc) is 2.97. The van der Waals surface area contributed by atoms with Crippen molar-refractivity contribution in [1.29, 1.82) is 0 Å². The predicted octanol–water partition coefficient (Wildman–Crippen LogP) is 2.34. The van der Waals surface area contributed by atoms with Gasteiger partial charge in [0.05, 0.1) is 0 Å². The van der Waals surface area contributed by atoms with Crippen molar-refractivity contribution >= 4 is 6.03 Å². The third kappa shape index (κ3) is 4.46. The summed E-state index contributed by atoms with van der Waals surface area (Å²) in [5.74, 6) is 0.243. The van der Waals surface area contributed by atoms with Crippen LogP contribution in [0.15, 0.2) is 24.3 Å². The molecule has 1 aliphatic rings. The molecule has 1 aliphatic heterocycles. The minimum absolute atomic E-state index is 0.00455. The Bertz CT molecular complexity index is 458. The molecular weight excluding hydrogens is 264 g/mol. The van der Waals surface area contributed by atoms with Crippen LogP contribution in [0, 0.1) is 12.8 Å². The van der Waals surface area contributed by atoms with Crippen LogP contribution in [0.4, 0.5) is 4.79 Å². The zero-order valence-corrected chi connectivity index (χ0v) is 13.0. The second kappa shape index (κ2) is 7.46. The number of nitrogens with zero attached hydrogens (tertiary/aromatic N) is 1. The molecule has 0 aromatic heterocycles. The van der Waals surface area contributed by atoms with E-state index in [2.05, 4.69) is 43.4 Å². The highest BCUT2D eigenvalue weighted by atomic mass is 16.3. The minimum Gasteiger partial charge on any atom is -0.396 e. The molecule has 4 nitrogen and oxygen atoms in total. The van der Waals surface area contributed by atoms with E-state index < -0.39 is 0 Å². The number of aliphatic hydroxyl groups excluding tert-OH is 1. The number of aryl methyl sites for hydroxylation is 1. The first kappa shape index (κ1) is 15.8. The molecule has 116 valence electrons. The molecule has 0 saturated carbocycles. The monoisotopic (exact) mass is 290 g/mol.